The molecule has 10 heteroatoms. The molecule has 1 aromatic carbocycles. The second-order valence-corrected chi connectivity index (χ2v) is 9.14. The highest BCUT2D eigenvalue weighted by Gasteiger charge is 2.36. The number of anilines is 1. The van der Waals surface area contributed by atoms with Crippen LogP contribution in [0.4, 0.5) is 9.39 Å². The number of benzene rings is 1. The van der Waals surface area contributed by atoms with Crippen LogP contribution >= 0.6 is 11.3 Å². The van der Waals surface area contributed by atoms with E-state index in [0.29, 0.717) is 11.3 Å². The van der Waals surface area contributed by atoms with E-state index in [9.17, 15) is 22.4 Å². The highest BCUT2D eigenvalue weighted by Crippen LogP contribution is 2.36. The van der Waals surface area contributed by atoms with Crippen LogP contribution in [0.2, 0.25) is 0 Å². The van der Waals surface area contributed by atoms with Crippen molar-refractivity contribution in [2.75, 3.05) is 12.4 Å². The molecule has 2 amide bonds. The number of carbonyl (C=O) groups excluding carboxylic acids is 2. The Morgan fingerprint density at radius 1 is 1.27 bits per heavy atom. The second-order valence-electron chi connectivity index (χ2n) is 5.86. The van der Waals surface area contributed by atoms with Crippen molar-refractivity contribution in [3.8, 4) is 0 Å². The fourth-order valence-corrected chi connectivity index (χ4v) is 5.33. The van der Waals surface area contributed by atoms with Gasteiger partial charge in [0.2, 0.25) is 0 Å². The van der Waals surface area contributed by atoms with E-state index >= 15 is 0 Å². The van der Waals surface area contributed by atoms with Gasteiger partial charge in [0.25, 0.3) is 21.8 Å². The number of halogens is 1. The number of rotatable bonds is 6. The molecule has 2 aromatic rings. The van der Waals surface area contributed by atoms with Gasteiger partial charge in [0.05, 0.1) is 11.1 Å². The summed E-state index contributed by atoms with van der Waals surface area (Å²) < 4.78 is 40.1. The maximum atomic E-state index is 13.7. The van der Waals surface area contributed by atoms with E-state index in [1.807, 2.05) is 0 Å². The maximum Gasteiger partial charge on any atom is 0.259 e. The van der Waals surface area contributed by atoms with E-state index in [0.717, 1.165) is 25.0 Å². The van der Waals surface area contributed by atoms with Crippen LogP contribution in [0.3, 0.4) is 0 Å². The van der Waals surface area contributed by atoms with Crippen LogP contribution in [0.15, 0.2) is 34.5 Å². The molecular weight excluding hydrogens is 381 g/mol. The Balaban J connectivity index is 1.94. The zero-order valence-corrected chi connectivity index (χ0v) is 15.4. The fraction of sp³-hybridized carbons (Fsp3) is 0.250. The van der Waals surface area contributed by atoms with E-state index < -0.39 is 27.7 Å². The van der Waals surface area contributed by atoms with E-state index in [1.165, 1.54) is 29.6 Å². The molecule has 1 aromatic heterocycles. The van der Waals surface area contributed by atoms with Gasteiger partial charge in [0, 0.05) is 13.1 Å². The number of primary amides is 1. The monoisotopic (exact) mass is 397 g/mol. The molecule has 26 heavy (non-hydrogen) atoms. The summed E-state index contributed by atoms with van der Waals surface area (Å²) in [5.41, 5.74) is 4.93. The lowest BCUT2D eigenvalue weighted by molar-refractivity contribution is 0.100. The second kappa shape index (κ2) is 6.78. The van der Waals surface area contributed by atoms with E-state index in [1.54, 1.807) is 0 Å². The maximum absolute atomic E-state index is 13.7. The molecular formula is C16H16FN3O4S2. The Kier molecular flexibility index (Phi) is 4.82. The average Bonchev–Trinajstić information content (AvgIpc) is 3.34. The first-order chi connectivity index (χ1) is 12.2. The molecule has 0 saturated heterocycles. The lowest BCUT2D eigenvalue weighted by atomic mass is 10.2. The largest absolute Gasteiger partial charge is 0.366 e. The molecule has 0 bridgehead atoms. The number of sulfonamides is 1. The number of thiophene rings is 1. The zero-order valence-electron chi connectivity index (χ0n) is 13.7. The average molecular weight is 397 g/mol. The third kappa shape index (κ3) is 3.48. The predicted molar refractivity (Wildman–Crippen MR) is 95.2 cm³/mol. The van der Waals surface area contributed by atoms with Gasteiger partial charge in [0.15, 0.2) is 0 Å². The smallest absolute Gasteiger partial charge is 0.259 e. The number of hydrogen-bond acceptors (Lipinski definition) is 5. The summed E-state index contributed by atoms with van der Waals surface area (Å²) in [7, 11) is -2.33. The molecule has 1 fully saturated rings. The number of hydrogen-bond donors (Lipinski definition) is 2. The van der Waals surface area contributed by atoms with E-state index in [4.69, 9.17) is 5.73 Å². The number of carbonyl (C=O) groups is 2. The van der Waals surface area contributed by atoms with Gasteiger partial charge in [-0.15, -0.1) is 11.3 Å². The Hall–Kier alpha value is -2.30. The topological polar surface area (TPSA) is 110 Å². The number of nitrogens with two attached hydrogens (primary N) is 1. The van der Waals surface area contributed by atoms with Crippen molar-refractivity contribution in [3.63, 3.8) is 0 Å². The van der Waals surface area contributed by atoms with Crippen molar-refractivity contribution < 1.29 is 22.4 Å². The van der Waals surface area contributed by atoms with Crippen LogP contribution in [0.25, 0.3) is 0 Å². The third-order valence-electron chi connectivity index (χ3n) is 4.01. The Bertz CT molecular complexity index is 983. The molecule has 0 unspecified atom stereocenters. The van der Waals surface area contributed by atoms with Crippen molar-refractivity contribution in [2.45, 2.75) is 23.1 Å². The van der Waals surface area contributed by atoms with Crippen molar-refractivity contribution in [1.29, 1.82) is 0 Å². The minimum atomic E-state index is -3.80. The number of amides is 2. The number of nitrogens with one attached hydrogen (secondary N) is 1. The predicted octanol–water partition coefficient (Wildman–Crippen LogP) is 2.02. The molecule has 138 valence electrons. The van der Waals surface area contributed by atoms with Gasteiger partial charge < -0.3 is 11.1 Å². The van der Waals surface area contributed by atoms with Gasteiger partial charge in [0.1, 0.15) is 15.0 Å². The van der Waals surface area contributed by atoms with Crippen LogP contribution in [-0.4, -0.2) is 37.6 Å². The fourth-order valence-electron chi connectivity index (χ4n) is 2.36. The van der Waals surface area contributed by atoms with Gasteiger partial charge in [-0.25, -0.2) is 12.8 Å². The van der Waals surface area contributed by atoms with Crippen molar-refractivity contribution in [3.05, 3.63) is 47.3 Å². The molecule has 1 aliphatic rings. The van der Waals surface area contributed by atoms with E-state index in [2.05, 4.69) is 5.32 Å². The number of nitrogens with zero attached hydrogens (tertiary/aromatic N) is 1. The highest BCUT2D eigenvalue weighted by molar-refractivity contribution is 7.91. The van der Waals surface area contributed by atoms with Gasteiger partial charge >= 0.3 is 0 Å². The van der Waals surface area contributed by atoms with Crippen molar-refractivity contribution in [2.24, 2.45) is 5.73 Å². The molecule has 3 N–H and O–H groups in total. The van der Waals surface area contributed by atoms with Crippen molar-refractivity contribution >= 4 is 38.2 Å². The van der Waals surface area contributed by atoms with Gasteiger partial charge in [-0.3, -0.25) is 9.59 Å². The van der Waals surface area contributed by atoms with Crippen LogP contribution in [0, 0.1) is 5.82 Å². The summed E-state index contributed by atoms with van der Waals surface area (Å²) in [6.45, 7) is 0. The molecule has 0 spiro atoms. The van der Waals surface area contributed by atoms with Crippen LogP contribution < -0.4 is 11.1 Å². The van der Waals surface area contributed by atoms with E-state index in [-0.39, 0.29) is 26.4 Å². The molecule has 1 heterocycles. The third-order valence-corrected chi connectivity index (χ3v) is 7.42. The molecule has 0 aliphatic heterocycles. The summed E-state index contributed by atoms with van der Waals surface area (Å²) >= 11 is 0.712. The van der Waals surface area contributed by atoms with Gasteiger partial charge in [-0.05, 0) is 31.0 Å². The minimum absolute atomic E-state index is 0.0338. The van der Waals surface area contributed by atoms with Crippen LogP contribution in [0.1, 0.15) is 33.6 Å². The summed E-state index contributed by atoms with van der Waals surface area (Å²) in [6, 6.07) is 6.40. The van der Waals surface area contributed by atoms with Crippen molar-refractivity contribution in [1.82, 2.24) is 4.31 Å². The summed E-state index contributed by atoms with van der Waals surface area (Å²) in [4.78, 5) is 23.9. The quantitative estimate of drug-likeness (QED) is 0.777. The minimum Gasteiger partial charge on any atom is -0.366 e. The normalized spacial score (nSPS) is 14.4. The first kappa shape index (κ1) is 18.5. The zero-order chi connectivity index (χ0) is 19.1. The first-order valence-electron chi connectivity index (χ1n) is 7.69. The summed E-state index contributed by atoms with van der Waals surface area (Å²) in [5, 5.41) is 2.35. The molecule has 0 radical (unpaired) electrons. The lowest BCUT2D eigenvalue weighted by Crippen LogP contribution is -2.28. The summed E-state index contributed by atoms with van der Waals surface area (Å²) in [5.74, 6) is -2.42. The van der Waals surface area contributed by atoms with Crippen LogP contribution in [0.5, 0.6) is 0 Å². The standard InChI is InChI=1S/C16H16FN3O4S2/c1-20(9-6-7-9)26(23,24)13-8-11(14(18)21)16(25-13)19-15(22)10-4-2-3-5-12(10)17/h2-5,8-9H,6-7H2,1H3,(H2,18,21)(H,19,22). The molecule has 1 saturated carbocycles. The molecule has 1 aliphatic carbocycles. The lowest BCUT2D eigenvalue weighted by Gasteiger charge is -2.14. The Labute approximate surface area is 153 Å². The van der Waals surface area contributed by atoms with Gasteiger partial charge in [-0.1, -0.05) is 12.1 Å². The first-order valence-corrected chi connectivity index (χ1v) is 9.95. The summed E-state index contributed by atoms with van der Waals surface area (Å²) in [6.07, 6.45) is 1.56. The highest BCUT2D eigenvalue weighted by atomic mass is 32.2. The Morgan fingerprint density at radius 3 is 2.50 bits per heavy atom. The van der Waals surface area contributed by atoms with Gasteiger partial charge in [-0.2, -0.15) is 4.31 Å². The molecule has 7 nitrogen and oxygen atoms in total. The Morgan fingerprint density at radius 2 is 1.92 bits per heavy atom. The van der Waals surface area contributed by atoms with Crippen LogP contribution in [-0.2, 0) is 10.0 Å². The SMILES string of the molecule is CN(C1CC1)S(=O)(=O)c1cc(C(N)=O)c(NC(=O)c2ccccc2F)s1. The molecule has 3 rings (SSSR count). The molecule has 0 atom stereocenters.